The SMILES string of the molecule is Cc1cc(C(O)c2ccc(F)c(F)c2F)c(C)cc1Cl. The highest BCUT2D eigenvalue weighted by atomic mass is 35.5. The molecule has 0 aliphatic carbocycles. The van der Waals surface area contributed by atoms with Crippen LogP contribution >= 0.6 is 11.6 Å². The second-order valence-electron chi connectivity index (χ2n) is 4.63. The summed E-state index contributed by atoms with van der Waals surface area (Å²) >= 11 is 5.95. The maximum Gasteiger partial charge on any atom is 0.194 e. The normalized spacial score (nSPS) is 12.6. The Morgan fingerprint density at radius 2 is 1.60 bits per heavy atom. The van der Waals surface area contributed by atoms with Crippen LogP contribution < -0.4 is 0 Å². The minimum Gasteiger partial charge on any atom is -0.384 e. The van der Waals surface area contributed by atoms with E-state index < -0.39 is 23.6 Å². The lowest BCUT2D eigenvalue weighted by Crippen LogP contribution is -2.07. The largest absolute Gasteiger partial charge is 0.384 e. The minimum absolute atomic E-state index is 0.311. The van der Waals surface area contributed by atoms with Crippen LogP contribution in [0.3, 0.4) is 0 Å². The van der Waals surface area contributed by atoms with Crippen LogP contribution in [-0.4, -0.2) is 5.11 Å². The maximum atomic E-state index is 13.7. The van der Waals surface area contributed by atoms with Gasteiger partial charge in [0, 0.05) is 10.6 Å². The Labute approximate surface area is 119 Å². The molecule has 1 N–H and O–H groups in total. The van der Waals surface area contributed by atoms with Crippen LogP contribution in [0.2, 0.25) is 5.02 Å². The van der Waals surface area contributed by atoms with Crippen molar-refractivity contribution in [3.63, 3.8) is 0 Å². The summed E-state index contributed by atoms with van der Waals surface area (Å²) in [6.07, 6.45) is -1.39. The number of aliphatic hydroxyl groups excluding tert-OH is 1. The van der Waals surface area contributed by atoms with Gasteiger partial charge in [0.15, 0.2) is 17.5 Å². The molecule has 0 saturated heterocycles. The van der Waals surface area contributed by atoms with E-state index in [4.69, 9.17) is 11.6 Å². The molecule has 0 radical (unpaired) electrons. The van der Waals surface area contributed by atoms with Crippen molar-refractivity contribution >= 4 is 11.6 Å². The summed E-state index contributed by atoms with van der Waals surface area (Å²) in [5.41, 5.74) is 1.43. The third kappa shape index (κ3) is 2.53. The van der Waals surface area contributed by atoms with Gasteiger partial charge in [-0.15, -0.1) is 0 Å². The number of rotatable bonds is 2. The zero-order valence-corrected chi connectivity index (χ0v) is 11.6. The summed E-state index contributed by atoms with van der Waals surface area (Å²) in [5, 5.41) is 10.7. The number of aryl methyl sites for hydroxylation is 2. The molecule has 2 rings (SSSR count). The van der Waals surface area contributed by atoms with Crippen LogP contribution in [0.1, 0.15) is 28.4 Å². The highest BCUT2D eigenvalue weighted by Crippen LogP contribution is 2.31. The molecule has 1 unspecified atom stereocenters. The van der Waals surface area contributed by atoms with Gasteiger partial charge < -0.3 is 5.11 Å². The van der Waals surface area contributed by atoms with E-state index in [9.17, 15) is 18.3 Å². The first-order valence-corrected chi connectivity index (χ1v) is 6.28. The monoisotopic (exact) mass is 300 g/mol. The molecule has 0 spiro atoms. The molecule has 0 aliphatic heterocycles. The average molecular weight is 301 g/mol. The van der Waals surface area contributed by atoms with Crippen LogP contribution in [0.25, 0.3) is 0 Å². The molecule has 0 aromatic heterocycles. The van der Waals surface area contributed by atoms with Gasteiger partial charge in [0.05, 0.1) is 0 Å². The molecule has 106 valence electrons. The molecule has 0 saturated carbocycles. The number of benzene rings is 2. The molecule has 2 aromatic rings. The topological polar surface area (TPSA) is 20.2 Å². The van der Waals surface area contributed by atoms with Crippen molar-refractivity contribution in [3.05, 3.63) is 69.0 Å². The number of hydrogen-bond acceptors (Lipinski definition) is 1. The van der Waals surface area contributed by atoms with Crippen LogP contribution in [0, 0.1) is 31.3 Å². The molecule has 0 fully saturated rings. The Kier molecular flexibility index (Phi) is 4.06. The van der Waals surface area contributed by atoms with Gasteiger partial charge in [-0.3, -0.25) is 0 Å². The van der Waals surface area contributed by atoms with Gasteiger partial charge >= 0.3 is 0 Å². The van der Waals surface area contributed by atoms with Crippen molar-refractivity contribution in [2.75, 3.05) is 0 Å². The van der Waals surface area contributed by atoms with Gasteiger partial charge in [-0.2, -0.15) is 0 Å². The minimum atomic E-state index is -1.59. The average Bonchev–Trinajstić information content (AvgIpc) is 2.40. The summed E-state index contributed by atoms with van der Waals surface area (Å²) in [6.45, 7) is 3.43. The smallest absolute Gasteiger partial charge is 0.194 e. The Hall–Kier alpha value is -1.52. The summed E-state index contributed by atoms with van der Waals surface area (Å²) in [5.74, 6) is -4.27. The lowest BCUT2D eigenvalue weighted by Gasteiger charge is -2.16. The third-order valence-electron chi connectivity index (χ3n) is 3.20. The Morgan fingerprint density at radius 1 is 0.950 bits per heavy atom. The molecule has 20 heavy (non-hydrogen) atoms. The predicted octanol–water partition coefficient (Wildman–Crippen LogP) is 4.46. The van der Waals surface area contributed by atoms with Crippen molar-refractivity contribution in [2.24, 2.45) is 0 Å². The molecule has 1 atom stereocenters. The second-order valence-corrected chi connectivity index (χ2v) is 5.03. The first-order valence-electron chi connectivity index (χ1n) is 5.91. The van der Waals surface area contributed by atoms with Gasteiger partial charge in [0.2, 0.25) is 0 Å². The van der Waals surface area contributed by atoms with Crippen LogP contribution in [0.4, 0.5) is 13.2 Å². The number of hydrogen-bond donors (Lipinski definition) is 1. The fourth-order valence-corrected chi connectivity index (χ4v) is 2.24. The van der Waals surface area contributed by atoms with Gasteiger partial charge in [0.25, 0.3) is 0 Å². The number of halogens is 4. The van der Waals surface area contributed by atoms with E-state index in [-0.39, 0.29) is 5.56 Å². The second kappa shape index (κ2) is 5.46. The Bertz CT molecular complexity index is 669. The lowest BCUT2D eigenvalue weighted by molar-refractivity contribution is 0.212. The van der Waals surface area contributed by atoms with E-state index >= 15 is 0 Å². The van der Waals surface area contributed by atoms with E-state index in [0.717, 1.165) is 12.1 Å². The predicted molar refractivity (Wildman–Crippen MR) is 71.3 cm³/mol. The zero-order valence-electron chi connectivity index (χ0n) is 10.8. The van der Waals surface area contributed by atoms with Crippen molar-refractivity contribution in [2.45, 2.75) is 20.0 Å². The van der Waals surface area contributed by atoms with Gasteiger partial charge in [-0.25, -0.2) is 13.2 Å². The first-order chi connectivity index (χ1) is 9.32. The van der Waals surface area contributed by atoms with Crippen molar-refractivity contribution in [1.82, 2.24) is 0 Å². The van der Waals surface area contributed by atoms with Gasteiger partial charge in [0.1, 0.15) is 6.10 Å². The third-order valence-corrected chi connectivity index (χ3v) is 3.61. The lowest BCUT2D eigenvalue weighted by atomic mass is 9.95. The van der Waals surface area contributed by atoms with E-state index in [0.29, 0.717) is 21.7 Å². The molecular weight excluding hydrogens is 289 g/mol. The zero-order chi connectivity index (χ0) is 15.0. The molecule has 0 amide bonds. The van der Waals surface area contributed by atoms with E-state index in [1.165, 1.54) is 0 Å². The number of aliphatic hydroxyl groups is 1. The van der Waals surface area contributed by atoms with Crippen LogP contribution in [0.5, 0.6) is 0 Å². The van der Waals surface area contributed by atoms with Crippen LogP contribution in [0.15, 0.2) is 24.3 Å². The molecule has 1 nitrogen and oxygen atoms in total. The van der Waals surface area contributed by atoms with E-state index in [2.05, 4.69) is 0 Å². The fraction of sp³-hybridized carbons (Fsp3) is 0.200. The Balaban J connectivity index is 2.55. The molecule has 0 bridgehead atoms. The Morgan fingerprint density at radius 3 is 2.25 bits per heavy atom. The van der Waals surface area contributed by atoms with Crippen LogP contribution in [-0.2, 0) is 0 Å². The molecular formula is C15H12ClF3O. The summed E-state index contributed by atoms with van der Waals surface area (Å²) in [7, 11) is 0. The summed E-state index contributed by atoms with van der Waals surface area (Å²) in [6, 6.07) is 5.05. The maximum absolute atomic E-state index is 13.7. The van der Waals surface area contributed by atoms with Crippen molar-refractivity contribution in [1.29, 1.82) is 0 Å². The summed E-state index contributed by atoms with van der Waals surface area (Å²) in [4.78, 5) is 0. The highest BCUT2D eigenvalue weighted by molar-refractivity contribution is 6.31. The van der Waals surface area contributed by atoms with Gasteiger partial charge in [-0.1, -0.05) is 23.7 Å². The van der Waals surface area contributed by atoms with Crippen molar-refractivity contribution < 1.29 is 18.3 Å². The molecule has 0 aliphatic rings. The standard InChI is InChI=1S/C15H12ClF3O/c1-7-6-11(16)8(2)5-10(7)15(20)9-3-4-12(17)14(19)13(9)18/h3-6,15,20H,1-2H3. The van der Waals surface area contributed by atoms with E-state index in [1.807, 2.05) is 0 Å². The quantitative estimate of drug-likeness (QED) is 0.812. The highest BCUT2D eigenvalue weighted by Gasteiger charge is 2.22. The molecule has 5 heteroatoms. The first kappa shape index (κ1) is 14.9. The van der Waals surface area contributed by atoms with E-state index in [1.54, 1.807) is 26.0 Å². The molecule has 2 aromatic carbocycles. The fourth-order valence-electron chi connectivity index (χ4n) is 2.02. The van der Waals surface area contributed by atoms with Crippen molar-refractivity contribution in [3.8, 4) is 0 Å². The summed E-state index contributed by atoms with van der Waals surface area (Å²) < 4.78 is 39.8. The molecule has 0 heterocycles. The van der Waals surface area contributed by atoms with Gasteiger partial charge in [-0.05, 0) is 42.7 Å².